The number of fused-ring (bicyclic) bond motifs is 3. The van der Waals surface area contributed by atoms with Crippen LogP contribution in [-0.4, -0.2) is 89.3 Å². The van der Waals surface area contributed by atoms with Gasteiger partial charge in [0, 0.05) is 59.0 Å². The normalized spacial score (nSPS) is 23.4. The first kappa shape index (κ1) is 29.5. The maximum absolute atomic E-state index is 16.6. The molecular formula is C33H31F3N6O2S. The Balaban J connectivity index is 1.32. The molecular weight excluding hydrogens is 601 g/mol. The Morgan fingerprint density at radius 1 is 1.18 bits per heavy atom. The highest BCUT2D eigenvalue weighted by atomic mass is 32.1. The number of alkyl halides is 1. The molecule has 7 rings (SSSR count). The molecule has 2 aromatic heterocycles. The maximum atomic E-state index is 16.6. The van der Waals surface area contributed by atoms with Crippen LogP contribution in [0.25, 0.3) is 37.0 Å². The van der Waals surface area contributed by atoms with Crippen molar-refractivity contribution < 1.29 is 22.7 Å². The van der Waals surface area contributed by atoms with Gasteiger partial charge in [0.05, 0.1) is 5.54 Å². The minimum absolute atomic E-state index is 0.0158. The fourth-order valence-corrected chi connectivity index (χ4v) is 8.11. The van der Waals surface area contributed by atoms with E-state index in [2.05, 4.69) is 21.3 Å². The lowest BCUT2D eigenvalue weighted by Gasteiger charge is -2.39. The highest BCUT2D eigenvalue weighted by molar-refractivity contribution is 7.17. The quantitative estimate of drug-likeness (QED) is 0.188. The molecule has 4 aromatic rings. The first-order valence-electron chi connectivity index (χ1n) is 15.0. The van der Waals surface area contributed by atoms with Crippen LogP contribution in [-0.2, 0) is 4.79 Å². The number of hydrogen-bond donors (Lipinski definition) is 0. The third kappa shape index (κ3) is 5.08. The van der Waals surface area contributed by atoms with Crippen molar-refractivity contribution in [1.29, 1.82) is 0 Å². The minimum atomic E-state index is -0.934. The molecule has 8 nitrogen and oxygen atoms in total. The molecule has 45 heavy (non-hydrogen) atoms. The van der Waals surface area contributed by atoms with Gasteiger partial charge in [-0.1, -0.05) is 24.8 Å². The monoisotopic (exact) mass is 632 g/mol. The number of rotatable bonds is 7. The number of piperazine rings is 1. The highest BCUT2D eigenvalue weighted by Gasteiger charge is 2.49. The van der Waals surface area contributed by atoms with E-state index >= 15 is 4.39 Å². The second kappa shape index (κ2) is 11.6. The van der Waals surface area contributed by atoms with Crippen molar-refractivity contribution in [1.82, 2.24) is 19.8 Å². The molecule has 2 aromatic carbocycles. The van der Waals surface area contributed by atoms with Crippen LogP contribution in [0.2, 0.25) is 0 Å². The standard InChI is InChI=1S/C33H31F3N6O2S/c1-3-27(43)42-13-12-40(17-21(42)15-37-2)31-24-9-8-23(22-6-4-7-26-28(22)25(35)18-45-26)29(36)30(24)38-32(39-31)44-19-33-10-5-11-41(33)16-20(34)14-33/h3-4,6-9,18,20-21H,1,5,10-17,19H2/t20-,21+,33+/m1/s1. The lowest BCUT2D eigenvalue weighted by molar-refractivity contribution is -0.128. The van der Waals surface area contributed by atoms with Gasteiger partial charge in [0.2, 0.25) is 12.5 Å². The molecule has 5 heterocycles. The number of carbonyl (C=O) groups excluding carboxylic acids is 1. The number of thiophene rings is 1. The molecule has 0 unspecified atom stereocenters. The van der Waals surface area contributed by atoms with Gasteiger partial charge in [0.15, 0.2) is 5.82 Å². The molecule has 0 spiro atoms. The third-order valence-corrected chi connectivity index (χ3v) is 10.3. The molecule has 3 aliphatic heterocycles. The van der Waals surface area contributed by atoms with Gasteiger partial charge in [-0.3, -0.25) is 9.69 Å². The SMILES string of the molecule is [C-]#[N+]C[C@H]1CN(c2nc(OC[C@@]34CCCN3C[C@H](F)C4)nc3c(F)c(-c4cccc5scc(F)c45)ccc23)CCN1C(=O)C=C. The van der Waals surface area contributed by atoms with Gasteiger partial charge in [0.25, 0.3) is 0 Å². The largest absolute Gasteiger partial charge is 0.461 e. The average molecular weight is 633 g/mol. The van der Waals surface area contributed by atoms with Crippen LogP contribution in [0, 0.1) is 18.2 Å². The first-order chi connectivity index (χ1) is 21.8. The number of nitrogens with zero attached hydrogens (tertiary/aromatic N) is 6. The fraction of sp³-hybridized carbons (Fsp3) is 0.394. The van der Waals surface area contributed by atoms with Gasteiger partial charge in [0.1, 0.15) is 36.0 Å². The van der Waals surface area contributed by atoms with E-state index in [1.165, 1.54) is 22.8 Å². The second-order valence-corrected chi connectivity index (χ2v) is 12.9. The Hall–Kier alpha value is -4.21. The summed E-state index contributed by atoms with van der Waals surface area (Å²) in [6.07, 6.45) is 2.40. The predicted octanol–water partition coefficient (Wildman–Crippen LogP) is 5.87. The topological polar surface area (TPSA) is 66.2 Å². The van der Waals surface area contributed by atoms with E-state index in [4.69, 9.17) is 16.3 Å². The van der Waals surface area contributed by atoms with Gasteiger partial charge in [-0.05, 0) is 43.2 Å². The molecule has 3 atom stereocenters. The molecule has 3 fully saturated rings. The van der Waals surface area contributed by atoms with E-state index in [9.17, 15) is 13.6 Å². The molecule has 0 bridgehead atoms. The zero-order valence-corrected chi connectivity index (χ0v) is 25.3. The van der Waals surface area contributed by atoms with Crippen LogP contribution < -0.4 is 9.64 Å². The van der Waals surface area contributed by atoms with Crippen LogP contribution in [0.15, 0.2) is 48.4 Å². The van der Waals surface area contributed by atoms with E-state index in [1.54, 1.807) is 35.2 Å². The highest BCUT2D eigenvalue weighted by Crippen LogP contribution is 2.42. The lowest BCUT2D eigenvalue weighted by atomic mass is 9.95. The summed E-state index contributed by atoms with van der Waals surface area (Å²) in [6, 6.07) is 8.13. The van der Waals surface area contributed by atoms with Gasteiger partial charge in [-0.2, -0.15) is 9.97 Å². The first-order valence-corrected chi connectivity index (χ1v) is 15.9. The molecule has 3 saturated heterocycles. The van der Waals surface area contributed by atoms with Crippen molar-refractivity contribution in [3.05, 3.63) is 71.4 Å². The van der Waals surface area contributed by atoms with Crippen LogP contribution in [0.4, 0.5) is 19.0 Å². The molecule has 0 saturated carbocycles. The van der Waals surface area contributed by atoms with E-state index in [0.717, 1.165) is 19.4 Å². The summed E-state index contributed by atoms with van der Waals surface area (Å²) in [5.74, 6) is -0.897. The Morgan fingerprint density at radius 2 is 2.04 bits per heavy atom. The van der Waals surface area contributed by atoms with E-state index in [0.29, 0.717) is 52.9 Å². The van der Waals surface area contributed by atoms with Crippen molar-refractivity contribution >= 4 is 44.1 Å². The van der Waals surface area contributed by atoms with Gasteiger partial charge < -0.3 is 19.4 Å². The van der Waals surface area contributed by atoms with Crippen molar-refractivity contribution in [2.45, 2.75) is 37.0 Å². The summed E-state index contributed by atoms with van der Waals surface area (Å²) < 4.78 is 52.8. The number of ether oxygens (including phenoxy) is 1. The molecule has 12 heteroatoms. The summed E-state index contributed by atoms with van der Waals surface area (Å²) in [6.45, 7) is 13.5. The van der Waals surface area contributed by atoms with Crippen molar-refractivity contribution in [2.75, 3.05) is 50.8 Å². The number of carbonyl (C=O) groups is 1. The van der Waals surface area contributed by atoms with Crippen LogP contribution in [0.1, 0.15) is 19.3 Å². The Labute approximate surface area is 262 Å². The van der Waals surface area contributed by atoms with Crippen LogP contribution in [0.3, 0.4) is 0 Å². The van der Waals surface area contributed by atoms with Crippen molar-refractivity contribution in [3.8, 4) is 17.1 Å². The number of benzene rings is 2. The van der Waals surface area contributed by atoms with Crippen LogP contribution in [0.5, 0.6) is 6.01 Å². The molecule has 0 aliphatic carbocycles. The third-order valence-electron chi connectivity index (χ3n) is 9.38. The summed E-state index contributed by atoms with van der Waals surface area (Å²) in [5, 5.41) is 2.18. The second-order valence-electron chi connectivity index (χ2n) is 12.0. The Bertz CT molecular complexity index is 1860. The Kier molecular flexibility index (Phi) is 7.61. The van der Waals surface area contributed by atoms with Crippen LogP contribution >= 0.6 is 11.3 Å². The number of halogens is 3. The van der Waals surface area contributed by atoms with Gasteiger partial charge >= 0.3 is 6.01 Å². The molecule has 1 amide bonds. The van der Waals surface area contributed by atoms with E-state index < -0.39 is 29.4 Å². The van der Waals surface area contributed by atoms with E-state index in [-0.39, 0.29) is 42.7 Å². The minimum Gasteiger partial charge on any atom is -0.461 e. The number of amides is 1. The number of hydrogen-bond acceptors (Lipinski definition) is 7. The van der Waals surface area contributed by atoms with E-state index in [1.807, 2.05) is 4.90 Å². The van der Waals surface area contributed by atoms with Crippen molar-refractivity contribution in [2.24, 2.45) is 0 Å². The predicted molar refractivity (Wildman–Crippen MR) is 168 cm³/mol. The number of anilines is 1. The summed E-state index contributed by atoms with van der Waals surface area (Å²) >= 11 is 1.25. The fourth-order valence-electron chi connectivity index (χ4n) is 7.28. The maximum Gasteiger partial charge on any atom is 0.319 e. The summed E-state index contributed by atoms with van der Waals surface area (Å²) in [5.41, 5.74) is 0.177. The van der Waals surface area contributed by atoms with Gasteiger partial charge in [-0.25, -0.2) is 19.7 Å². The summed E-state index contributed by atoms with van der Waals surface area (Å²) in [7, 11) is 0. The zero-order chi connectivity index (χ0) is 31.3. The molecule has 3 aliphatic rings. The molecule has 0 radical (unpaired) electrons. The van der Waals surface area contributed by atoms with Gasteiger partial charge in [-0.15, -0.1) is 11.3 Å². The smallest absolute Gasteiger partial charge is 0.319 e. The molecule has 0 N–H and O–H groups in total. The summed E-state index contributed by atoms with van der Waals surface area (Å²) in [4.78, 5) is 31.0. The number of aromatic nitrogens is 2. The van der Waals surface area contributed by atoms with Crippen molar-refractivity contribution in [3.63, 3.8) is 0 Å². The zero-order valence-electron chi connectivity index (χ0n) is 24.5. The average Bonchev–Trinajstić information content (AvgIpc) is 3.71. The molecule has 232 valence electrons. The Morgan fingerprint density at radius 3 is 2.87 bits per heavy atom. The lowest BCUT2D eigenvalue weighted by Crippen LogP contribution is -2.56.